The van der Waals surface area contributed by atoms with E-state index in [0.29, 0.717) is 23.1 Å². The Labute approximate surface area is 115 Å². The molecular formula is C14H17N3O3. The zero-order chi connectivity index (χ0) is 14.7. The number of carboxylic acids is 1. The van der Waals surface area contributed by atoms with Gasteiger partial charge >= 0.3 is 11.7 Å². The van der Waals surface area contributed by atoms with Crippen LogP contribution in [-0.2, 0) is 4.79 Å². The Hall–Kier alpha value is -2.37. The largest absolute Gasteiger partial charge is 0.480 e. The van der Waals surface area contributed by atoms with Crippen molar-refractivity contribution in [1.29, 1.82) is 0 Å². The normalized spacial score (nSPS) is 12.6. The van der Waals surface area contributed by atoms with Gasteiger partial charge in [0.2, 0.25) is 0 Å². The summed E-state index contributed by atoms with van der Waals surface area (Å²) in [5.74, 6) is -0.431. The van der Waals surface area contributed by atoms with E-state index in [2.05, 4.69) is 15.3 Å². The molecule has 0 saturated heterocycles. The fraction of sp³-hybridized carbons (Fsp3) is 0.357. The van der Waals surface area contributed by atoms with Gasteiger partial charge in [-0.3, -0.25) is 0 Å². The van der Waals surface area contributed by atoms with Gasteiger partial charge in [0.05, 0.1) is 5.52 Å². The number of carbonyl (C=O) groups is 1. The van der Waals surface area contributed by atoms with E-state index in [4.69, 9.17) is 0 Å². The highest BCUT2D eigenvalue weighted by molar-refractivity contribution is 5.90. The smallest absolute Gasteiger partial charge is 0.347 e. The summed E-state index contributed by atoms with van der Waals surface area (Å²) in [4.78, 5) is 29.3. The molecule has 0 saturated carbocycles. The number of rotatable bonds is 5. The molecule has 6 heteroatoms. The Bertz CT molecular complexity index is 679. The Balaban J connectivity index is 2.41. The van der Waals surface area contributed by atoms with E-state index in [0.717, 1.165) is 0 Å². The molecule has 0 bridgehead atoms. The number of aromatic amines is 1. The number of carboxylic acid groups (broad SMARTS) is 1. The van der Waals surface area contributed by atoms with Crippen LogP contribution in [0.25, 0.3) is 10.9 Å². The third-order valence-electron chi connectivity index (χ3n) is 2.95. The van der Waals surface area contributed by atoms with Crippen LogP contribution in [0.2, 0.25) is 0 Å². The van der Waals surface area contributed by atoms with Crippen molar-refractivity contribution in [1.82, 2.24) is 9.97 Å². The molecule has 0 fully saturated rings. The summed E-state index contributed by atoms with van der Waals surface area (Å²) in [6, 6.07) is 6.38. The maximum Gasteiger partial charge on any atom is 0.347 e. The molecule has 106 valence electrons. The molecule has 0 aliphatic rings. The first-order chi connectivity index (χ1) is 9.47. The maximum atomic E-state index is 11.5. The molecule has 6 nitrogen and oxygen atoms in total. The first-order valence-electron chi connectivity index (χ1n) is 6.45. The van der Waals surface area contributed by atoms with Crippen LogP contribution < -0.4 is 11.0 Å². The van der Waals surface area contributed by atoms with Gasteiger partial charge in [0.15, 0.2) is 0 Å². The van der Waals surface area contributed by atoms with Crippen LogP contribution in [0, 0.1) is 5.92 Å². The Morgan fingerprint density at radius 1 is 1.40 bits per heavy atom. The average Bonchev–Trinajstić information content (AvgIpc) is 2.37. The van der Waals surface area contributed by atoms with Crippen LogP contribution in [0.15, 0.2) is 29.1 Å². The highest BCUT2D eigenvalue weighted by atomic mass is 16.4. The number of anilines is 1. The Kier molecular flexibility index (Phi) is 4.02. The van der Waals surface area contributed by atoms with Crippen LogP contribution in [0.5, 0.6) is 0 Å². The van der Waals surface area contributed by atoms with Crippen LogP contribution >= 0.6 is 0 Å². The Morgan fingerprint density at radius 3 is 2.75 bits per heavy atom. The van der Waals surface area contributed by atoms with E-state index < -0.39 is 17.7 Å². The molecule has 3 N–H and O–H groups in total. The first-order valence-corrected chi connectivity index (χ1v) is 6.45. The molecule has 0 aliphatic heterocycles. The monoisotopic (exact) mass is 275 g/mol. The van der Waals surface area contributed by atoms with E-state index in [1.165, 1.54) is 0 Å². The number of nitrogens with one attached hydrogen (secondary N) is 2. The lowest BCUT2D eigenvalue weighted by Gasteiger charge is -2.17. The molecule has 1 heterocycles. The standard InChI is InChI=1S/C14H17N3O3/c1-8(2)7-11(13(18)19)15-12-9-5-3-4-6-10(9)16-14(20)17-12/h3-6,8,11H,7H2,1-2H3,(H,18,19)(H2,15,16,17,20). The number of hydrogen-bond acceptors (Lipinski definition) is 4. The number of nitrogens with zero attached hydrogens (tertiary/aromatic N) is 1. The lowest BCUT2D eigenvalue weighted by molar-refractivity contribution is -0.138. The molecule has 2 aromatic rings. The molecule has 1 aromatic carbocycles. The van der Waals surface area contributed by atoms with E-state index in [-0.39, 0.29) is 5.92 Å². The number of fused-ring (bicyclic) bond motifs is 1. The fourth-order valence-electron chi connectivity index (χ4n) is 2.07. The molecule has 0 amide bonds. The molecule has 0 radical (unpaired) electrons. The number of H-pyrrole nitrogens is 1. The topological polar surface area (TPSA) is 95.1 Å². The van der Waals surface area contributed by atoms with E-state index in [1.807, 2.05) is 19.9 Å². The van der Waals surface area contributed by atoms with Gasteiger partial charge in [-0.05, 0) is 24.5 Å². The lowest BCUT2D eigenvalue weighted by Crippen LogP contribution is -2.32. The van der Waals surface area contributed by atoms with Gasteiger partial charge in [-0.25, -0.2) is 9.59 Å². The minimum Gasteiger partial charge on any atom is -0.480 e. The summed E-state index contributed by atoms with van der Waals surface area (Å²) >= 11 is 0. The van der Waals surface area contributed by atoms with Crippen molar-refractivity contribution in [3.05, 3.63) is 34.7 Å². The number of benzene rings is 1. The SMILES string of the molecule is CC(C)CC(Nc1nc(=O)[nH]c2ccccc12)C(=O)O. The van der Waals surface area contributed by atoms with Crippen molar-refractivity contribution in [3.8, 4) is 0 Å². The fourth-order valence-corrected chi connectivity index (χ4v) is 2.07. The molecule has 1 unspecified atom stereocenters. The number of aromatic nitrogens is 2. The summed E-state index contributed by atoms with van der Waals surface area (Å²) in [5.41, 5.74) is 0.128. The highest BCUT2D eigenvalue weighted by Gasteiger charge is 2.20. The molecule has 20 heavy (non-hydrogen) atoms. The summed E-state index contributed by atoms with van der Waals surface area (Å²) in [6.07, 6.45) is 0.456. The van der Waals surface area contributed by atoms with Crippen molar-refractivity contribution in [2.24, 2.45) is 5.92 Å². The molecule has 1 aromatic heterocycles. The zero-order valence-corrected chi connectivity index (χ0v) is 11.4. The van der Waals surface area contributed by atoms with Gasteiger partial charge in [-0.2, -0.15) is 4.98 Å². The van der Waals surface area contributed by atoms with E-state index in [9.17, 15) is 14.7 Å². The zero-order valence-electron chi connectivity index (χ0n) is 11.4. The van der Waals surface area contributed by atoms with Gasteiger partial charge in [-0.1, -0.05) is 26.0 Å². The number of hydrogen-bond donors (Lipinski definition) is 3. The summed E-state index contributed by atoms with van der Waals surface area (Å²) < 4.78 is 0. The maximum absolute atomic E-state index is 11.5. The molecule has 0 aliphatic carbocycles. The van der Waals surface area contributed by atoms with Crippen molar-refractivity contribution >= 4 is 22.7 Å². The van der Waals surface area contributed by atoms with Crippen molar-refractivity contribution in [2.45, 2.75) is 26.3 Å². The Morgan fingerprint density at radius 2 is 2.10 bits per heavy atom. The van der Waals surface area contributed by atoms with Crippen LogP contribution in [0.4, 0.5) is 5.82 Å². The minimum absolute atomic E-state index is 0.219. The lowest BCUT2D eigenvalue weighted by atomic mass is 10.0. The molecular weight excluding hydrogens is 258 g/mol. The summed E-state index contributed by atoms with van der Waals surface area (Å²) in [5, 5.41) is 12.8. The third-order valence-corrected chi connectivity index (χ3v) is 2.95. The number of aliphatic carboxylic acids is 1. The highest BCUT2D eigenvalue weighted by Crippen LogP contribution is 2.19. The first kappa shape index (κ1) is 14.0. The van der Waals surface area contributed by atoms with Crippen molar-refractivity contribution in [3.63, 3.8) is 0 Å². The quantitative estimate of drug-likeness (QED) is 0.773. The van der Waals surface area contributed by atoms with E-state index >= 15 is 0 Å². The van der Waals surface area contributed by atoms with Crippen LogP contribution in [0.1, 0.15) is 20.3 Å². The van der Waals surface area contributed by atoms with Gasteiger partial charge in [0.1, 0.15) is 11.9 Å². The van der Waals surface area contributed by atoms with Crippen molar-refractivity contribution in [2.75, 3.05) is 5.32 Å². The van der Waals surface area contributed by atoms with Gasteiger partial charge in [0, 0.05) is 5.39 Å². The second-order valence-corrected chi connectivity index (χ2v) is 5.10. The molecule has 2 rings (SSSR count). The number of para-hydroxylation sites is 1. The van der Waals surface area contributed by atoms with Crippen LogP contribution in [0.3, 0.4) is 0 Å². The van der Waals surface area contributed by atoms with Crippen molar-refractivity contribution < 1.29 is 9.90 Å². The predicted octanol–water partition coefficient (Wildman–Crippen LogP) is 1.83. The predicted molar refractivity (Wildman–Crippen MR) is 76.9 cm³/mol. The second kappa shape index (κ2) is 5.73. The van der Waals surface area contributed by atoms with Crippen LogP contribution in [-0.4, -0.2) is 27.1 Å². The molecule has 0 spiro atoms. The summed E-state index contributed by atoms with van der Waals surface area (Å²) in [7, 11) is 0. The second-order valence-electron chi connectivity index (χ2n) is 5.10. The third kappa shape index (κ3) is 3.14. The average molecular weight is 275 g/mol. The van der Waals surface area contributed by atoms with E-state index in [1.54, 1.807) is 18.2 Å². The van der Waals surface area contributed by atoms with Gasteiger partial charge < -0.3 is 15.4 Å². The molecule has 1 atom stereocenters. The van der Waals surface area contributed by atoms with Gasteiger partial charge in [-0.15, -0.1) is 0 Å². The minimum atomic E-state index is -0.954. The van der Waals surface area contributed by atoms with Gasteiger partial charge in [0.25, 0.3) is 0 Å². The summed E-state index contributed by atoms with van der Waals surface area (Å²) in [6.45, 7) is 3.89.